The van der Waals surface area contributed by atoms with E-state index in [-0.39, 0.29) is 34.9 Å². The second-order valence-corrected chi connectivity index (χ2v) is 7.17. The molecule has 0 spiro atoms. The molecule has 0 heterocycles. The molecule has 2 atom stereocenters. The third-order valence-electron chi connectivity index (χ3n) is 4.93. The van der Waals surface area contributed by atoms with Gasteiger partial charge in [0.1, 0.15) is 5.75 Å². The molecule has 5 heteroatoms. The zero-order chi connectivity index (χ0) is 20.6. The third kappa shape index (κ3) is 6.41. The molecule has 3 aromatic rings. The average Bonchev–Trinajstić information content (AvgIpc) is 2.73. The summed E-state index contributed by atoms with van der Waals surface area (Å²) in [6, 6.07) is 23.5. The highest BCUT2D eigenvalue weighted by molar-refractivity contribution is 6.92. The predicted molar refractivity (Wildman–Crippen MR) is 126 cm³/mol. The number of amides is 1. The average molecular weight is 423 g/mol. The summed E-state index contributed by atoms with van der Waals surface area (Å²) in [7, 11) is 0. The number of carbonyl (C=O) groups is 1. The number of nitrogens with one attached hydrogen (secondary N) is 1. The van der Waals surface area contributed by atoms with Crippen LogP contribution in [0.5, 0.6) is 5.75 Å². The molecule has 4 nitrogen and oxygen atoms in total. The van der Waals surface area contributed by atoms with Gasteiger partial charge in [-0.15, -0.1) is 0 Å². The molecule has 2 N–H and O–H groups in total. The molecule has 3 rings (SSSR count). The Bertz CT molecular complexity index is 942. The molecule has 0 saturated heterocycles. The zero-order valence-corrected chi connectivity index (χ0v) is 19.0. The van der Waals surface area contributed by atoms with E-state index < -0.39 is 0 Å². The van der Waals surface area contributed by atoms with E-state index in [9.17, 15) is 9.90 Å². The van der Waals surface area contributed by atoms with E-state index in [1.165, 1.54) is 5.56 Å². The van der Waals surface area contributed by atoms with Gasteiger partial charge in [-0.3, -0.25) is 4.79 Å². The lowest BCUT2D eigenvalue weighted by molar-refractivity contribution is -0.122. The number of carbonyl (C=O) groups excluding carboxylic acids is 1. The number of ether oxygens (including phenoxy) is 1. The summed E-state index contributed by atoms with van der Waals surface area (Å²) in [4.78, 5) is 12.6. The van der Waals surface area contributed by atoms with Crippen molar-refractivity contribution >= 4 is 15.8 Å². The van der Waals surface area contributed by atoms with Gasteiger partial charge in [0.2, 0.25) is 5.91 Å². The first kappa shape index (κ1) is 23.6. The van der Waals surface area contributed by atoms with E-state index in [2.05, 4.69) is 29.6 Å². The Morgan fingerprint density at radius 2 is 1.63 bits per heavy atom. The maximum atomic E-state index is 12.6. The molecule has 0 aromatic heterocycles. The van der Waals surface area contributed by atoms with Crippen LogP contribution in [0.25, 0.3) is 0 Å². The van der Waals surface area contributed by atoms with E-state index in [1.54, 1.807) is 0 Å². The molecule has 0 aliphatic heterocycles. The van der Waals surface area contributed by atoms with E-state index in [4.69, 9.17) is 4.74 Å². The Kier molecular flexibility index (Phi) is 9.04. The van der Waals surface area contributed by atoms with Gasteiger partial charge in [0.05, 0.1) is 25.7 Å². The van der Waals surface area contributed by atoms with Crippen molar-refractivity contribution in [2.24, 2.45) is 0 Å². The van der Waals surface area contributed by atoms with Gasteiger partial charge in [-0.25, -0.2) is 0 Å². The maximum Gasteiger partial charge on any atom is 0.224 e. The minimum absolute atomic E-state index is 0. The number of rotatable bonds is 8. The van der Waals surface area contributed by atoms with Gasteiger partial charge in [0.25, 0.3) is 0 Å². The number of hydrogen-bond acceptors (Lipinski definition) is 3. The van der Waals surface area contributed by atoms with E-state index in [1.807, 2.05) is 62.4 Å². The Hall–Kier alpha value is -2.68. The fourth-order valence-electron chi connectivity index (χ4n) is 3.19. The van der Waals surface area contributed by atoms with Crippen molar-refractivity contribution in [1.82, 2.24) is 5.32 Å². The Morgan fingerprint density at radius 3 is 2.27 bits per heavy atom. The van der Waals surface area contributed by atoms with Gasteiger partial charge in [-0.1, -0.05) is 66.2 Å². The fourth-order valence-corrected chi connectivity index (χ4v) is 3.19. The van der Waals surface area contributed by atoms with Crippen LogP contribution in [0, 0.1) is 13.8 Å². The SMILES string of the molecule is Cc1ccc(C(NC(=O)CCOc2ccc(CO)c(C)c2)c2ccccc2)cc1.P. The lowest BCUT2D eigenvalue weighted by Crippen LogP contribution is -2.30. The predicted octanol–water partition coefficient (Wildman–Crippen LogP) is 4.53. The Morgan fingerprint density at radius 1 is 0.967 bits per heavy atom. The van der Waals surface area contributed by atoms with Gasteiger partial charge < -0.3 is 15.2 Å². The molecule has 30 heavy (non-hydrogen) atoms. The number of aryl methyl sites for hydroxylation is 2. The molecule has 0 radical (unpaired) electrons. The molecular weight excluding hydrogens is 393 g/mol. The van der Waals surface area contributed by atoms with Crippen LogP contribution in [0.3, 0.4) is 0 Å². The molecule has 1 amide bonds. The molecule has 2 unspecified atom stereocenters. The first-order chi connectivity index (χ1) is 14.1. The zero-order valence-electron chi connectivity index (χ0n) is 17.6. The summed E-state index contributed by atoms with van der Waals surface area (Å²) in [5, 5.41) is 12.4. The van der Waals surface area contributed by atoms with E-state index in [0.717, 1.165) is 22.3 Å². The summed E-state index contributed by atoms with van der Waals surface area (Å²) in [6.07, 6.45) is 0.260. The van der Waals surface area contributed by atoms with Crippen molar-refractivity contribution in [2.75, 3.05) is 6.61 Å². The molecular formula is C25H30NO3P. The van der Waals surface area contributed by atoms with Crippen molar-refractivity contribution < 1.29 is 14.6 Å². The lowest BCUT2D eigenvalue weighted by atomic mass is 9.97. The molecule has 0 aliphatic rings. The smallest absolute Gasteiger partial charge is 0.224 e. The summed E-state index contributed by atoms with van der Waals surface area (Å²) in [6.45, 7) is 4.27. The van der Waals surface area contributed by atoms with Gasteiger partial charge in [-0.2, -0.15) is 9.90 Å². The van der Waals surface area contributed by atoms with Crippen molar-refractivity contribution in [3.63, 3.8) is 0 Å². The maximum absolute atomic E-state index is 12.6. The molecule has 0 aliphatic carbocycles. The normalized spacial score (nSPS) is 11.3. The fraction of sp³-hybridized carbons (Fsp3) is 0.240. The van der Waals surface area contributed by atoms with Gasteiger partial charge in [-0.05, 0) is 48.2 Å². The summed E-state index contributed by atoms with van der Waals surface area (Å²) in [5.41, 5.74) is 5.12. The molecule has 0 saturated carbocycles. The van der Waals surface area contributed by atoms with Crippen LogP contribution in [0.2, 0.25) is 0 Å². The number of benzene rings is 3. The van der Waals surface area contributed by atoms with E-state index in [0.29, 0.717) is 12.4 Å². The quantitative estimate of drug-likeness (QED) is 0.524. The first-order valence-electron chi connectivity index (χ1n) is 9.81. The summed E-state index contributed by atoms with van der Waals surface area (Å²) in [5.74, 6) is 0.633. The van der Waals surface area contributed by atoms with Gasteiger partial charge >= 0.3 is 0 Å². The number of hydrogen-bond donors (Lipinski definition) is 2. The molecule has 0 fully saturated rings. The molecule has 158 valence electrons. The van der Waals surface area contributed by atoms with Crippen LogP contribution in [-0.4, -0.2) is 17.6 Å². The second-order valence-electron chi connectivity index (χ2n) is 7.17. The monoisotopic (exact) mass is 423 g/mol. The first-order valence-corrected chi connectivity index (χ1v) is 9.81. The third-order valence-corrected chi connectivity index (χ3v) is 4.93. The van der Waals surface area contributed by atoms with Crippen molar-refractivity contribution in [3.8, 4) is 5.75 Å². The van der Waals surface area contributed by atoms with Crippen LogP contribution in [-0.2, 0) is 11.4 Å². The Labute approximate surface area is 181 Å². The number of aliphatic hydroxyl groups is 1. The second kappa shape index (κ2) is 11.5. The number of aliphatic hydroxyl groups excluding tert-OH is 1. The molecule has 3 aromatic carbocycles. The minimum atomic E-state index is -0.199. The van der Waals surface area contributed by atoms with Crippen LogP contribution in [0.15, 0.2) is 72.8 Å². The largest absolute Gasteiger partial charge is 0.493 e. The summed E-state index contributed by atoms with van der Waals surface area (Å²) < 4.78 is 5.72. The van der Waals surface area contributed by atoms with Crippen molar-refractivity contribution in [2.45, 2.75) is 32.9 Å². The van der Waals surface area contributed by atoms with Crippen LogP contribution < -0.4 is 10.1 Å². The highest BCUT2D eigenvalue weighted by atomic mass is 31.0. The van der Waals surface area contributed by atoms with Crippen LogP contribution >= 0.6 is 9.90 Å². The highest BCUT2D eigenvalue weighted by Gasteiger charge is 2.16. The summed E-state index contributed by atoms with van der Waals surface area (Å²) >= 11 is 0. The van der Waals surface area contributed by atoms with Gasteiger partial charge in [0, 0.05) is 0 Å². The highest BCUT2D eigenvalue weighted by Crippen LogP contribution is 2.23. The van der Waals surface area contributed by atoms with Crippen molar-refractivity contribution in [3.05, 3.63) is 101 Å². The van der Waals surface area contributed by atoms with Crippen LogP contribution in [0.4, 0.5) is 0 Å². The topological polar surface area (TPSA) is 58.6 Å². The molecule has 0 bridgehead atoms. The van der Waals surface area contributed by atoms with Gasteiger partial charge in [0.15, 0.2) is 0 Å². The van der Waals surface area contributed by atoms with Crippen molar-refractivity contribution in [1.29, 1.82) is 0 Å². The van der Waals surface area contributed by atoms with Crippen LogP contribution in [0.1, 0.15) is 40.3 Å². The lowest BCUT2D eigenvalue weighted by Gasteiger charge is -2.20. The minimum Gasteiger partial charge on any atom is -0.493 e. The standard InChI is InChI=1S/C25H27NO3.H3P/c1-18-8-10-21(11-9-18)25(20-6-4-3-5-7-20)26-24(28)14-15-29-23-13-12-22(17-27)19(2)16-23;/h3-13,16,25,27H,14-15,17H2,1-2H3,(H,26,28);1H3. The van der Waals surface area contributed by atoms with E-state index >= 15 is 0 Å². The Balaban J connectivity index is 0.00000320.